The van der Waals surface area contributed by atoms with Gasteiger partial charge in [-0.3, -0.25) is 9.78 Å². The smallest absolute Gasteiger partial charge is 0.172 e. The predicted octanol–water partition coefficient (Wildman–Crippen LogP) is 4.60. The van der Waals surface area contributed by atoms with Gasteiger partial charge in [0.2, 0.25) is 0 Å². The van der Waals surface area contributed by atoms with Crippen molar-refractivity contribution in [3.63, 3.8) is 0 Å². The van der Waals surface area contributed by atoms with Crippen LogP contribution in [0.3, 0.4) is 0 Å². The minimum absolute atomic E-state index is 0.261. The van der Waals surface area contributed by atoms with Crippen molar-refractivity contribution >= 4 is 27.3 Å². The van der Waals surface area contributed by atoms with Crippen molar-refractivity contribution in [2.75, 3.05) is 7.05 Å². The molecule has 0 aromatic carbocycles. The summed E-state index contributed by atoms with van der Waals surface area (Å²) in [7, 11) is 1.99. The van der Waals surface area contributed by atoms with E-state index < -0.39 is 0 Å². The first-order valence-electron chi connectivity index (χ1n) is 8.27. The lowest BCUT2D eigenvalue weighted by molar-refractivity contribution is 0.0982. The summed E-state index contributed by atoms with van der Waals surface area (Å²) in [5, 5.41) is 3.29. The van der Waals surface area contributed by atoms with Gasteiger partial charge in [-0.1, -0.05) is 20.3 Å². The lowest BCUT2D eigenvalue weighted by Crippen LogP contribution is -2.24. The Balaban J connectivity index is 2.04. The molecule has 0 amide bonds. The molecular formula is C18H26N2OS. The minimum atomic E-state index is 0.261. The van der Waals surface area contributed by atoms with Crippen LogP contribution >= 0.6 is 11.3 Å². The van der Waals surface area contributed by atoms with Crippen LogP contribution in [0.25, 0.3) is 10.2 Å². The van der Waals surface area contributed by atoms with Crippen LogP contribution < -0.4 is 5.32 Å². The highest BCUT2D eigenvalue weighted by molar-refractivity contribution is 7.21. The van der Waals surface area contributed by atoms with Crippen molar-refractivity contribution in [2.24, 2.45) is 0 Å². The Morgan fingerprint density at radius 1 is 1.41 bits per heavy atom. The van der Waals surface area contributed by atoms with Crippen molar-refractivity contribution in [1.82, 2.24) is 10.3 Å². The van der Waals surface area contributed by atoms with E-state index in [1.807, 2.05) is 19.3 Å². The van der Waals surface area contributed by atoms with Crippen molar-refractivity contribution < 1.29 is 4.79 Å². The Morgan fingerprint density at radius 2 is 2.23 bits per heavy atom. The number of carbonyl (C=O) groups is 1. The Hall–Kier alpha value is -1.26. The second-order valence-corrected chi connectivity index (χ2v) is 6.81. The molecule has 1 unspecified atom stereocenters. The molecular weight excluding hydrogens is 292 g/mol. The Labute approximate surface area is 137 Å². The molecule has 0 aliphatic heterocycles. The van der Waals surface area contributed by atoms with Gasteiger partial charge < -0.3 is 5.32 Å². The fourth-order valence-electron chi connectivity index (χ4n) is 2.78. The lowest BCUT2D eigenvalue weighted by Gasteiger charge is -2.12. The molecule has 0 aliphatic carbocycles. The Morgan fingerprint density at radius 3 is 2.91 bits per heavy atom. The van der Waals surface area contributed by atoms with E-state index in [1.165, 1.54) is 10.3 Å². The van der Waals surface area contributed by atoms with Gasteiger partial charge in [0.15, 0.2) is 5.78 Å². The van der Waals surface area contributed by atoms with Crippen LogP contribution in [0.2, 0.25) is 0 Å². The largest absolute Gasteiger partial charge is 0.317 e. The number of thiophene rings is 1. The van der Waals surface area contributed by atoms with E-state index in [4.69, 9.17) is 0 Å². The quantitative estimate of drug-likeness (QED) is 0.687. The first-order chi connectivity index (χ1) is 10.7. The van der Waals surface area contributed by atoms with E-state index in [1.54, 1.807) is 11.3 Å². The monoisotopic (exact) mass is 318 g/mol. The predicted molar refractivity (Wildman–Crippen MR) is 94.9 cm³/mol. The van der Waals surface area contributed by atoms with Crippen LogP contribution in [0, 0.1) is 0 Å². The lowest BCUT2D eigenvalue weighted by atomic mass is 10.1. The van der Waals surface area contributed by atoms with E-state index in [2.05, 4.69) is 30.2 Å². The van der Waals surface area contributed by atoms with Crippen molar-refractivity contribution in [3.8, 4) is 0 Å². The van der Waals surface area contributed by atoms with Gasteiger partial charge >= 0.3 is 0 Å². The number of fused-ring (bicyclic) bond motifs is 1. The molecule has 1 N–H and O–H groups in total. The third kappa shape index (κ3) is 4.14. The van der Waals surface area contributed by atoms with Gasteiger partial charge in [-0.15, -0.1) is 11.3 Å². The van der Waals surface area contributed by atoms with Gasteiger partial charge in [0.25, 0.3) is 0 Å². The molecule has 22 heavy (non-hydrogen) atoms. The Kier molecular flexibility index (Phi) is 6.52. The fourth-order valence-corrected chi connectivity index (χ4v) is 3.90. The molecule has 0 saturated carbocycles. The highest BCUT2D eigenvalue weighted by Gasteiger charge is 2.13. The number of carbonyl (C=O) groups excluding carboxylic acids is 1. The summed E-state index contributed by atoms with van der Waals surface area (Å²) in [5.41, 5.74) is 2.29. The number of aromatic nitrogens is 1. The van der Waals surface area contributed by atoms with Crippen LogP contribution in [-0.2, 0) is 6.42 Å². The second kappa shape index (κ2) is 8.39. The van der Waals surface area contributed by atoms with E-state index in [0.29, 0.717) is 12.5 Å². The maximum Gasteiger partial charge on any atom is 0.172 e. The van der Waals surface area contributed by atoms with Crippen LogP contribution in [0.5, 0.6) is 0 Å². The van der Waals surface area contributed by atoms with Crippen molar-refractivity contribution in [1.29, 1.82) is 0 Å². The number of hydrogen-bond acceptors (Lipinski definition) is 4. The molecule has 0 aliphatic rings. The summed E-state index contributed by atoms with van der Waals surface area (Å²) in [6.45, 7) is 4.35. The highest BCUT2D eigenvalue weighted by atomic mass is 32.1. The summed E-state index contributed by atoms with van der Waals surface area (Å²) < 4.78 is 1.19. The molecule has 0 spiro atoms. The normalized spacial score (nSPS) is 12.7. The molecule has 2 aromatic heterocycles. The standard InChI is InChI=1S/C18H26N2OS/c1-4-7-13-10-11-20-15-12-17(22-18(13)15)16(21)9-6-8-14(5-2)19-3/h10-12,14,19H,4-9H2,1-3H3. The molecule has 2 aromatic rings. The van der Waals surface area contributed by atoms with Gasteiger partial charge in [0.05, 0.1) is 15.1 Å². The van der Waals surface area contributed by atoms with Crippen LogP contribution in [-0.4, -0.2) is 23.9 Å². The first-order valence-corrected chi connectivity index (χ1v) is 9.09. The third-order valence-corrected chi connectivity index (χ3v) is 5.39. The summed E-state index contributed by atoms with van der Waals surface area (Å²) in [4.78, 5) is 17.7. The van der Waals surface area contributed by atoms with E-state index in [0.717, 1.165) is 42.5 Å². The third-order valence-electron chi connectivity index (χ3n) is 4.15. The molecule has 0 bridgehead atoms. The fraction of sp³-hybridized carbons (Fsp3) is 0.556. The number of nitrogens with zero attached hydrogens (tertiary/aromatic N) is 1. The van der Waals surface area contributed by atoms with E-state index in [-0.39, 0.29) is 5.78 Å². The molecule has 0 saturated heterocycles. The topological polar surface area (TPSA) is 42.0 Å². The van der Waals surface area contributed by atoms with Gasteiger partial charge in [-0.2, -0.15) is 0 Å². The van der Waals surface area contributed by atoms with Crippen molar-refractivity contribution in [2.45, 2.75) is 58.4 Å². The SMILES string of the molecule is CCCc1ccnc2cc(C(=O)CCCC(CC)NC)sc12. The zero-order valence-electron chi connectivity index (χ0n) is 13.8. The molecule has 120 valence electrons. The zero-order valence-corrected chi connectivity index (χ0v) is 14.6. The van der Waals surface area contributed by atoms with Gasteiger partial charge in [-0.05, 0) is 50.4 Å². The molecule has 3 nitrogen and oxygen atoms in total. The summed E-state index contributed by atoms with van der Waals surface area (Å²) in [5.74, 6) is 0.261. The van der Waals surface area contributed by atoms with Crippen LogP contribution in [0.15, 0.2) is 18.3 Å². The van der Waals surface area contributed by atoms with Crippen LogP contribution in [0.1, 0.15) is 61.2 Å². The van der Waals surface area contributed by atoms with Gasteiger partial charge in [-0.25, -0.2) is 0 Å². The molecule has 0 fully saturated rings. The number of rotatable bonds is 9. The zero-order chi connectivity index (χ0) is 15.9. The average molecular weight is 318 g/mol. The van der Waals surface area contributed by atoms with E-state index in [9.17, 15) is 4.79 Å². The highest BCUT2D eigenvalue weighted by Crippen LogP contribution is 2.29. The number of hydrogen-bond donors (Lipinski definition) is 1. The number of nitrogens with one attached hydrogen (secondary N) is 1. The number of aryl methyl sites for hydroxylation is 1. The summed E-state index contributed by atoms with van der Waals surface area (Å²) >= 11 is 1.61. The van der Waals surface area contributed by atoms with Crippen molar-refractivity contribution in [3.05, 3.63) is 28.8 Å². The maximum atomic E-state index is 12.4. The molecule has 1 atom stereocenters. The number of ketones is 1. The Bertz CT molecular complexity index is 617. The molecule has 0 radical (unpaired) electrons. The summed E-state index contributed by atoms with van der Waals surface area (Å²) in [6, 6.07) is 4.57. The summed E-state index contributed by atoms with van der Waals surface area (Å²) in [6.07, 6.45) is 7.76. The first kappa shape index (κ1) is 17.1. The van der Waals surface area contributed by atoms with Gasteiger partial charge in [0, 0.05) is 18.7 Å². The van der Waals surface area contributed by atoms with Gasteiger partial charge in [0.1, 0.15) is 0 Å². The van der Waals surface area contributed by atoms with E-state index >= 15 is 0 Å². The average Bonchev–Trinajstić information content (AvgIpc) is 2.97. The minimum Gasteiger partial charge on any atom is -0.317 e. The molecule has 4 heteroatoms. The number of pyridine rings is 1. The second-order valence-electron chi connectivity index (χ2n) is 5.75. The maximum absolute atomic E-state index is 12.4. The van der Waals surface area contributed by atoms with Crippen LogP contribution in [0.4, 0.5) is 0 Å². The molecule has 2 heterocycles. The molecule has 2 rings (SSSR count). The number of Topliss-reactive ketones (excluding diaryl/α,β-unsaturated/α-hetero) is 1.